The van der Waals surface area contributed by atoms with E-state index in [1.54, 1.807) is 6.92 Å². The van der Waals surface area contributed by atoms with E-state index in [0.717, 1.165) is 25.8 Å². The molecule has 0 saturated carbocycles. The quantitative estimate of drug-likeness (QED) is 0.689. The standard InChI is InChI=1S/C13H25N3O2/c1-9(11(17)16-13(2,3)4)15-12(18)10-7-5-6-8-14-10/h9-10,14H,5-8H2,1-4H3,(H,15,18)(H,16,17)/t9?,10-/m0/s1. The number of hydrogen-bond acceptors (Lipinski definition) is 3. The third-order valence-electron chi connectivity index (χ3n) is 2.88. The maximum absolute atomic E-state index is 11.9. The lowest BCUT2D eigenvalue weighted by atomic mass is 10.0. The highest BCUT2D eigenvalue weighted by Crippen LogP contribution is 2.07. The molecule has 1 aliphatic heterocycles. The van der Waals surface area contributed by atoms with Crippen molar-refractivity contribution in [3.8, 4) is 0 Å². The highest BCUT2D eigenvalue weighted by Gasteiger charge is 2.25. The molecule has 2 atom stereocenters. The number of hydrogen-bond donors (Lipinski definition) is 3. The van der Waals surface area contributed by atoms with Crippen LogP contribution in [0.1, 0.15) is 47.0 Å². The van der Waals surface area contributed by atoms with Crippen molar-refractivity contribution in [1.82, 2.24) is 16.0 Å². The molecule has 3 N–H and O–H groups in total. The fraction of sp³-hybridized carbons (Fsp3) is 0.846. The molecular weight excluding hydrogens is 230 g/mol. The Balaban J connectivity index is 2.41. The maximum Gasteiger partial charge on any atom is 0.242 e. The van der Waals surface area contributed by atoms with Crippen molar-refractivity contribution in [2.75, 3.05) is 6.54 Å². The zero-order chi connectivity index (χ0) is 13.8. The number of nitrogens with one attached hydrogen (secondary N) is 3. The average molecular weight is 255 g/mol. The molecule has 1 aliphatic rings. The molecule has 0 aromatic carbocycles. The van der Waals surface area contributed by atoms with Crippen molar-refractivity contribution in [2.24, 2.45) is 0 Å². The third-order valence-corrected chi connectivity index (χ3v) is 2.88. The predicted octanol–water partition coefficient (Wildman–Crippen LogP) is 0.548. The number of rotatable bonds is 3. The highest BCUT2D eigenvalue weighted by molar-refractivity contribution is 5.89. The summed E-state index contributed by atoms with van der Waals surface area (Å²) in [5.41, 5.74) is -0.279. The van der Waals surface area contributed by atoms with E-state index >= 15 is 0 Å². The monoisotopic (exact) mass is 255 g/mol. The Hall–Kier alpha value is -1.10. The van der Waals surface area contributed by atoms with Crippen LogP contribution in [0.25, 0.3) is 0 Å². The molecule has 0 aliphatic carbocycles. The van der Waals surface area contributed by atoms with E-state index in [1.807, 2.05) is 20.8 Å². The summed E-state index contributed by atoms with van der Waals surface area (Å²) < 4.78 is 0. The highest BCUT2D eigenvalue weighted by atomic mass is 16.2. The van der Waals surface area contributed by atoms with Crippen LogP contribution in [-0.4, -0.2) is 36.0 Å². The topological polar surface area (TPSA) is 70.2 Å². The van der Waals surface area contributed by atoms with Gasteiger partial charge in [-0.3, -0.25) is 9.59 Å². The molecule has 0 bridgehead atoms. The lowest BCUT2D eigenvalue weighted by Gasteiger charge is -2.26. The largest absolute Gasteiger partial charge is 0.350 e. The minimum absolute atomic E-state index is 0.0775. The molecule has 1 rings (SSSR count). The van der Waals surface area contributed by atoms with Gasteiger partial charge in [0.15, 0.2) is 0 Å². The van der Waals surface area contributed by atoms with Gasteiger partial charge in [0.05, 0.1) is 6.04 Å². The molecule has 5 nitrogen and oxygen atoms in total. The summed E-state index contributed by atoms with van der Waals surface area (Å²) >= 11 is 0. The van der Waals surface area contributed by atoms with Gasteiger partial charge in [-0.25, -0.2) is 0 Å². The lowest BCUT2D eigenvalue weighted by Crippen LogP contribution is -2.55. The van der Waals surface area contributed by atoms with Crippen LogP contribution in [0, 0.1) is 0 Å². The van der Waals surface area contributed by atoms with Crippen LogP contribution in [0.3, 0.4) is 0 Å². The fourth-order valence-corrected chi connectivity index (χ4v) is 1.93. The molecule has 0 spiro atoms. The van der Waals surface area contributed by atoms with Crippen LogP contribution in [0.4, 0.5) is 0 Å². The van der Waals surface area contributed by atoms with E-state index in [4.69, 9.17) is 0 Å². The minimum Gasteiger partial charge on any atom is -0.350 e. The number of carbonyl (C=O) groups excluding carboxylic acids is 2. The van der Waals surface area contributed by atoms with Gasteiger partial charge in [0.25, 0.3) is 0 Å². The van der Waals surface area contributed by atoms with Gasteiger partial charge >= 0.3 is 0 Å². The van der Waals surface area contributed by atoms with Crippen molar-refractivity contribution >= 4 is 11.8 Å². The van der Waals surface area contributed by atoms with Crippen molar-refractivity contribution in [3.63, 3.8) is 0 Å². The Morgan fingerprint density at radius 1 is 1.28 bits per heavy atom. The van der Waals surface area contributed by atoms with Crippen LogP contribution in [0.15, 0.2) is 0 Å². The molecule has 0 radical (unpaired) electrons. The molecule has 2 amide bonds. The molecule has 0 aromatic heterocycles. The Kier molecular flexibility index (Phi) is 5.14. The summed E-state index contributed by atoms with van der Waals surface area (Å²) in [6, 6.07) is -0.649. The van der Waals surface area contributed by atoms with Gasteiger partial charge in [0, 0.05) is 5.54 Å². The van der Waals surface area contributed by atoms with Gasteiger partial charge in [-0.15, -0.1) is 0 Å². The molecule has 0 aromatic rings. The molecule has 1 saturated heterocycles. The number of amides is 2. The van der Waals surface area contributed by atoms with Crippen molar-refractivity contribution in [3.05, 3.63) is 0 Å². The van der Waals surface area contributed by atoms with Gasteiger partial charge in [-0.05, 0) is 47.1 Å². The molecule has 1 heterocycles. The van der Waals surface area contributed by atoms with Gasteiger partial charge < -0.3 is 16.0 Å². The summed E-state index contributed by atoms with van der Waals surface area (Å²) in [6.45, 7) is 8.34. The minimum atomic E-state index is -0.500. The average Bonchev–Trinajstić information content (AvgIpc) is 2.27. The van der Waals surface area contributed by atoms with Crippen molar-refractivity contribution in [2.45, 2.75) is 64.6 Å². The summed E-state index contributed by atoms with van der Waals surface area (Å²) in [6.07, 6.45) is 3.02. The van der Waals surface area contributed by atoms with Gasteiger partial charge in [-0.1, -0.05) is 6.42 Å². The predicted molar refractivity (Wildman–Crippen MR) is 71.1 cm³/mol. The van der Waals surface area contributed by atoms with Gasteiger partial charge in [0.2, 0.25) is 11.8 Å². The van der Waals surface area contributed by atoms with E-state index in [9.17, 15) is 9.59 Å². The van der Waals surface area contributed by atoms with Crippen LogP contribution in [0.5, 0.6) is 0 Å². The lowest BCUT2D eigenvalue weighted by molar-refractivity contribution is -0.130. The SMILES string of the molecule is CC(NC(=O)[C@@H]1CCCCN1)C(=O)NC(C)(C)C. The first kappa shape index (κ1) is 15.0. The van der Waals surface area contributed by atoms with Crippen LogP contribution in [0.2, 0.25) is 0 Å². The second-order valence-electron chi connectivity index (χ2n) is 5.97. The van der Waals surface area contributed by atoms with Gasteiger partial charge in [-0.2, -0.15) is 0 Å². The zero-order valence-electron chi connectivity index (χ0n) is 11.8. The molecule has 1 unspecified atom stereocenters. The molecule has 5 heteroatoms. The molecule has 18 heavy (non-hydrogen) atoms. The van der Waals surface area contributed by atoms with Gasteiger partial charge in [0.1, 0.15) is 6.04 Å². The second kappa shape index (κ2) is 6.18. The number of carbonyl (C=O) groups is 2. The molecular formula is C13H25N3O2. The second-order valence-corrected chi connectivity index (χ2v) is 5.97. The summed E-state index contributed by atoms with van der Waals surface area (Å²) in [5.74, 6) is -0.224. The van der Waals surface area contributed by atoms with E-state index in [0.29, 0.717) is 0 Å². The van der Waals surface area contributed by atoms with E-state index in [-0.39, 0.29) is 23.4 Å². The summed E-state index contributed by atoms with van der Waals surface area (Å²) in [5, 5.41) is 8.78. The van der Waals surface area contributed by atoms with E-state index in [1.165, 1.54) is 0 Å². The third kappa shape index (κ3) is 5.04. The molecule has 104 valence electrons. The van der Waals surface area contributed by atoms with E-state index in [2.05, 4.69) is 16.0 Å². The van der Waals surface area contributed by atoms with E-state index < -0.39 is 6.04 Å². The first-order valence-corrected chi connectivity index (χ1v) is 6.65. The van der Waals surface area contributed by atoms with Crippen LogP contribution >= 0.6 is 0 Å². The fourth-order valence-electron chi connectivity index (χ4n) is 1.93. The summed E-state index contributed by atoms with van der Waals surface area (Å²) in [4.78, 5) is 23.8. The first-order valence-electron chi connectivity index (χ1n) is 6.65. The Morgan fingerprint density at radius 3 is 2.44 bits per heavy atom. The molecule has 1 fully saturated rings. The normalized spacial score (nSPS) is 22.1. The smallest absolute Gasteiger partial charge is 0.242 e. The maximum atomic E-state index is 11.9. The van der Waals surface area contributed by atoms with Crippen LogP contribution < -0.4 is 16.0 Å². The first-order chi connectivity index (χ1) is 8.29. The Bertz CT molecular complexity index is 304. The summed E-state index contributed by atoms with van der Waals surface area (Å²) in [7, 11) is 0. The van der Waals surface area contributed by atoms with Crippen LogP contribution in [-0.2, 0) is 9.59 Å². The Morgan fingerprint density at radius 2 is 1.94 bits per heavy atom. The zero-order valence-corrected chi connectivity index (χ0v) is 11.8. The Labute approximate surface area is 109 Å². The number of piperidine rings is 1. The van der Waals surface area contributed by atoms with Crippen molar-refractivity contribution in [1.29, 1.82) is 0 Å². The van der Waals surface area contributed by atoms with Crippen molar-refractivity contribution < 1.29 is 9.59 Å².